The average Bonchev–Trinajstić information content (AvgIpc) is 2.81. The summed E-state index contributed by atoms with van der Waals surface area (Å²) in [4.78, 5) is 7.54. The van der Waals surface area contributed by atoms with Crippen molar-refractivity contribution in [2.75, 3.05) is 31.4 Å². The van der Waals surface area contributed by atoms with Gasteiger partial charge in [-0.1, -0.05) is 27.3 Å². The van der Waals surface area contributed by atoms with Crippen molar-refractivity contribution in [2.45, 2.75) is 13.5 Å². The van der Waals surface area contributed by atoms with Gasteiger partial charge in [-0.05, 0) is 30.7 Å². The van der Waals surface area contributed by atoms with Crippen molar-refractivity contribution < 1.29 is 4.74 Å². The van der Waals surface area contributed by atoms with Gasteiger partial charge in [-0.15, -0.1) is 0 Å². The van der Waals surface area contributed by atoms with Crippen molar-refractivity contribution in [3.63, 3.8) is 0 Å². The molecule has 108 valence electrons. The predicted molar refractivity (Wildman–Crippen MR) is 89.2 cm³/mol. The molecule has 0 aliphatic heterocycles. The number of nitrogens with zero attached hydrogens (tertiary/aromatic N) is 2. The fourth-order valence-electron chi connectivity index (χ4n) is 1.79. The number of hydrogen-bond acceptors (Lipinski definition) is 5. The van der Waals surface area contributed by atoms with Crippen LogP contribution in [0.25, 0.3) is 0 Å². The lowest BCUT2D eigenvalue weighted by Crippen LogP contribution is -2.07. The number of halogens is 1. The minimum atomic E-state index is 0.695. The molecule has 0 saturated carbocycles. The Labute approximate surface area is 131 Å². The first-order chi connectivity index (χ1) is 9.51. The maximum absolute atomic E-state index is 5.34. The van der Waals surface area contributed by atoms with E-state index < -0.39 is 0 Å². The Hall–Kier alpha value is -1.27. The largest absolute Gasteiger partial charge is 0.480 e. The second-order valence-corrected chi connectivity index (χ2v) is 6.61. The molecule has 0 aliphatic carbocycles. The molecule has 0 saturated heterocycles. The molecule has 2 aromatic rings. The molecule has 2 rings (SSSR count). The van der Waals surface area contributed by atoms with Crippen LogP contribution in [-0.2, 0) is 6.54 Å². The topological polar surface area (TPSA) is 37.4 Å². The number of thiazole rings is 1. The molecule has 1 aromatic carbocycles. The van der Waals surface area contributed by atoms with Crippen molar-refractivity contribution in [2.24, 2.45) is 0 Å². The van der Waals surface area contributed by atoms with Crippen LogP contribution < -0.4 is 15.0 Å². The number of hydrogen-bond donors (Lipinski definition) is 1. The number of ether oxygens (including phenoxy) is 1. The van der Waals surface area contributed by atoms with Gasteiger partial charge in [0.2, 0.25) is 5.88 Å². The average molecular weight is 356 g/mol. The van der Waals surface area contributed by atoms with Crippen LogP contribution in [0.4, 0.5) is 10.8 Å². The first-order valence-electron chi connectivity index (χ1n) is 6.22. The van der Waals surface area contributed by atoms with E-state index in [-0.39, 0.29) is 0 Å². The molecule has 20 heavy (non-hydrogen) atoms. The number of rotatable bonds is 5. The maximum atomic E-state index is 5.34. The van der Waals surface area contributed by atoms with E-state index in [1.807, 2.05) is 25.1 Å². The lowest BCUT2D eigenvalue weighted by Gasteiger charge is -2.09. The third kappa shape index (κ3) is 3.43. The Morgan fingerprint density at radius 3 is 2.75 bits per heavy atom. The van der Waals surface area contributed by atoms with E-state index in [1.165, 1.54) is 5.56 Å². The van der Waals surface area contributed by atoms with Gasteiger partial charge in [-0.25, -0.2) is 0 Å². The highest BCUT2D eigenvalue weighted by Gasteiger charge is 2.13. The van der Waals surface area contributed by atoms with Gasteiger partial charge in [0.25, 0.3) is 0 Å². The van der Waals surface area contributed by atoms with Crippen LogP contribution in [0, 0.1) is 6.92 Å². The van der Waals surface area contributed by atoms with Gasteiger partial charge < -0.3 is 15.0 Å². The monoisotopic (exact) mass is 355 g/mol. The molecule has 0 radical (unpaired) electrons. The number of methoxy groups -OCH3 is 1. The summed E-state index contributed by atoms with van der Waals surface area (Å²) in [6, 6.07) is 6.20. The van der Waals surface area contributed by atoms with Gasteiger partial charge in [-0.2, -0.15) is 4.98 Å². The summed E-state index contributed by atoms with van der Waals surface area (Å²) in [6.45, 7) is 2.79. The predicted octanol–water partition coefficient (Wildman–Crippen LogP) is 3.90. The molecular formula is C14H18BrN3OS. The Bertz CT molecular complexity index is 598. The van der Waals surface area contributed by atoms with Crippen molar-refractivity contribution in [3.05, 3.63) is 33.1 Å². The quantitative estimate of drug-likeness (QED) is 0.882. The standard InChI is InChI=1S/C14H18BrN3OS/c1-9-7-10(15)5-6-11(9)16-8-12-13(19-4)17-14(20-12)18(2)3/h5-7,16H,8H2,1-4H3. The summed E-state index contributed by atoms with van der Waals surface area (Å²) in [5, 5.41) is 4.38. The maximum Gasteiger partial charge on any atom is 0.231 e. The molecular weight excluding hydrogens is 338 g/mol. The lowest BCUT2D eigenvalue weighted by atomic mass is 10.2. The molecule has 0 atom stereocenters. The van der Waals surface area contributed by atoms with Gasteiger partial charge in [0.1, 0.15) is 0 Å². The van der Waals surface area contributed by atoms with Gasteiger partial charge >= 0.3 is 0 Å². The van der Waals surface area contributed by atoms with Crippen molar-refractivity contribution in [1.29, 1.82) is 0 Å². The van der Waals surface area contributed by atoms with E-state index in [2.05, 4.69) is 45.3 Å². The van der Waals surface area contributed by atoms with Gasteiger partial charge in [0, 0.05) is 24.3 Å². The second-order valence-electron chi connectivity index (χ2n) is 4.64. The first kappa shape index (κ1) is 15.1. The van der Waals surface area contributed by atoms with Crippen LogP contribution >= 0.6 is 27.3 Å². The lowest BCUT2D eigenvalue weighted by molar-refractivity contribution is 0.397. The number of anilines is 2. The van der Waals surface area contributed by atoms with E-state index in [0.717, 1.165) is 20.2 Å². The Morgan fingerprint density at radius 1 is 1.40 bits per heavy atom. The van der Waals surface area contributed by atoms with Crippen LogP contribution in [0.3, 0.4) is 0 Å². The Kier molecular flexibility index (Phi) is 4.88. The summed E-state index contributed by atoms with van der Waals surface area (Å²) < 4.78 is 6.43. The summed E-state index contributed by atoms with van der Waals surface area (Å²) in [5.74, 6) is 0.695. The molecule has 4 nitrogen and oxygen atoms in total. The molecule has 0 unspecified atom stereocenters. The molecule has 0 fully saturated rings. The number of aromatic nitrogens is 1. The number of benzene rings is 1. The molecule has 0 bridgehead atoms. The zero-order chi connectivity index (χ0) is 14.7. The summed E-state index contributed by atoms with van der Waals surface area (Å²) >= 11 is 5.11. The van der Waals surface area contributed by atoms with Crippen LogP contribution in [0.2, 0.25) is 0 Å². The van der Waals surface area contributed by atoms with E-state index in [9.17, 15) is 0 Å². The molecule has 1 N–H and O–H groups in total. The first-order valence-corrected chi connectivity index (χ1v) is 7.83. The van der Waals surface area contributed by atoms with Crippen LogP contribution in [-0.4, -0.2) is 26.2 Å². The zero-order valence-electron chi connectivity index (χ0n) is 12.0. The van der Waals surface area contributed by atoms with E-state index >= 15 is 0 Å². The molecule has 1 heterocycles. The minimum Gasteiger partial charge on any atom is -0.480 e. The fourth-order valence-corrected chi connectivity index (χ4v) is 3.16. The van der Waals surface area contributed by atoms with Crippen molar-refractivity contribution >= 4 is 38.1 Å². The zero-order valence-corrected chi connectivity index (χ0v) is 14.4. The molecule has 6 heteroatoms. The fraction of sp³-hybridized carbons (Fsp3) is 0.357. The van der Waals surface area contributed by atoms with Gasteiger partial charge in [-0.3, -0.25) is 0 Å². The van der Waals surface area contributed by atoms with Crippen molar-refractivity contribution in [1.82, 2.24) is 4.98 Å². The molecule has 0 amide bonds. The number of aryl methyl sites for hydroxylation is 1. The Balaban J connectivity index is 2.14. The minimum absolute atomic E-state index is 0.695. The van der Waals surface area contributed by atoms with E-state index in [4.69, 9.17) is 4.74 Å². The van der Waals surface area contributed by atoms with E-state index in [1.54, 1.807) is 18.4 Å². The normalized spacial score (nSPS) is 10.4. The second kappa shape index (κ2) is 6.45. The SMILES string of the molecule is COc1nc(N(C)C)sc1CNc1ccc(Br)cc1C. The molecule has 0 aliphatic rings. The van der Waals surface area contributed by atoms with Crippen LogP contribution in [0.5, 0.6) is 5.88 Å². The van der Waals surface area contributed by atoms with Gasteiger partial charge in [0.05, 0.1) is 18.5 Å². The van der Waals surface area contributed by atoms with Crippen LogP contribution in [0.15, 0.2) is 22.7 Å². The Morgan fingerprint density at radius 2 is 2.15 bits per heavy atom. The summed E-state index contributed by atoms with van der Waals surface area (Å²) in [7, 11) is 5.62. The smallest absolute Gasteiger partial charge is 0.231 e. The van der Waals surface area contributed by atoms with Gasteiger partial charge in [0.15, 0.2) is 5.13 Å². The summed E-state index contributed by atoms with van der Waals surface area (Å²) in [6.07, 6.45) is 0. The number of nitrogens with one attached hydrogen (secondary N) is 1. The van der Waals surface area contributed by atoms with Crippen LogP contribution in [0.1, 0.15) is 10.4 Å². The van der Waals surface area contributed by atoms with E-state index in [0.29, 0.717) is 12.4 Å². The summed E-state index contributed by atoms with van der Waals surface area (Å²) in [5.41, 5.74) is 2.32. The highest BCUT2D eigenvalue weighted by Crippen LogP contribution is 2.31. The highest BCUT2D eigenvalue weighted by atomic mass is 79.9. The third-order valence-electron chi connectivity index (χ3n) is 2.85. The van der Waals surface area contributed by atoms with Crippen molar-refractivity contribution in [3.8, 4) is 5.88 Å². The molecule has 1 aromatic heterocycles. The molecule has 0 spiro atoms. The third-order valence-corrected chi connectivity index (χ3v) is 4.55. The highest BCUT2D eigenvalue weighted by molar-refractivity contribution is 9.10.